The Morgan fingerprint density at radius 3 is 2.48 bits per heavy atom. The Balaban J connectivity index is 1.91. The van der Waals surface area contributed by atoms with E-state index in [0.717, 1.165) is 24.8 Å². The average molecular weight is 452 g/mol. The number of thioether (sulfide) groups is 1. The zero-order valence-electron chi connectivity index (χ0n) is 16.4. The smallest absolute Gasteiger partial charge is 0.329 e. The molecule has 154 valence electrons. The van der Waals surface area contributed by atoms with Crippen LogP contribution in [0.5, 0.6) is 0 Å². The summed E-state index contributed by atoms with van der Waals surface area (Å²) in [4.78, 5) is 27.3. The molecule has 1 aliphatic heterocycles. The van der Waals surface area contributed by atoms with E-state index in [2.05, 4.69) is 6.92 Å². The van der Waals surface area contributed by atoms with Crippen molar-refractivity contribution in [1.82, 2.24) is 4.90 Å². The van der Waals surface area contributed by atoms with Crippen LogP contribution in [-0.4, -0.2) is 35.7 Å². The largest absolute Gasteiger partial charge is 0.467 e. The maximum atomic E-state index is 13.4. The maximum Gasteiger partial charge on any atom is 0.329 e. The van der Waals surface area contributed by atoms with Crippen molar-refractivity contribution < 1.29 is 14.3 Å². The highest BCUT2D eigenvalue weighted by molar-refractivity contribution is 7.99. The Kier molecular flexibility index (Phi) is 7.49. The summed E-state index contributed by atoms with van der Waals surface area (Å²) in [5, 5.41) is 0.517. The molecule has 3 rings (SSSR count). The van der Waals surface area contributed by atoms with Crippen molar-refractivity contribution in [3.05, 3.63) is 69.2 Å². The van der Waals surface area contributed by atoms with Crippen LogP contribution in [0.25, 0.3) is 0 Å². The lowest BCUT2D eigenvalue weighted by molar-refractivity contribution is -0.145. The molecule has 1 saturated heterocycles. The van der Waals surface area contributed by atoms with Gasteiger partial charge in [-0.25, -0.2) is 4.79 Å². The predicted octanol–water partition coefficient (Wildman–Crippen LogP) is 5.77. The van der Waals surface area contributed by atoms with E-state index in [-0.39, 0.29) is 11.3 Å². The van der Waals surface area contributed by atoms with Gasteiger partial charge in [0.1, 0.15) is 11.4 Å². The average Bonchev–Trinajstić information content (AvgIpc) is 3.18. The normalized spacial score (nSPS) is 18.7. The van der Waals surface area contributed by atoms with Gasteiger partial charge in [-0.3, -0.25) is 4.79 Å². The van der Waals surface area contributed by atoms with Crippen molar-refractivity contribution in [3.63, 3.8) is 0 Å². The van der Waals surface area contributed by atoms with Crippen LogP contribution in [0.3, 0.4) is 0 Å². The van der Waals surface area contributed by atoms with Gasteiger partial charge in [0.25, 0.3) is 5.91 Å². The third kappa shape index (κ3) is 4.90. The number of esters is 1. The van der Waals surface area contributed by atoms with E-state index >= 15 is 0 Å². The summed E-state index contributed by atoms with van der Waals surface area (Å²) < 4.78 is 4.95. The van der Waals surface area contributed by atoms with Gasteiger partial charge in [0.2, 0.25) is 0 Å². The van der Waals surface area contributed by atoms with Crippen LogP contribution in [0.4, 0.5) is 0 Å². The third-order valence-electron chi connectivity index (χ3n) is 4.96. The van der Waals surface area contributed by atoms with E-state index in [1.165, 1.54) is 24.4 Å². The minimum absolute atomic E-state index is 0.205. The molecule has 2 aromatic carbocycles. The van der Waals surface area contributed by atoms with E-state index in [0.29, 0.717) is 21.4 Å². The highest BCUT2D eigenvalue weighted by Gasteiger charge is 2.43. The number of ether oxygens (including phenoxy) is 1. The van der Waals surface area contributed by atoms with Crippen LogP contribution in [0, 0.1) is 0 Å². The molecule has 1 heterocycles. The summed E-state index contributed by atoms with van der Waals surface area (Å²) >= 11 is 13.7. The van der Waals surface area contributed by atoms with Crippen LogP contribution in [-0.2, 0) is 16.0 Å². The number of halogens is 2. The summed E-state index contributed by atoms with van der Waals surface area (Å²) in [6.45, 7) is 2.15. The van der Waals surface area contributed by atoms with E-state index < -0.39 is 12.0 Å². The van der Waals surface area contributed by atoms with Gasteiger partial charge in [0.05, 0.1) is 17.2 Å². The van der Waals surface area contributed by atoms with Crippen molar-refractivity contribution in [3.8, 4) is 0 Å². The van der Waals surface area contributed by atoms with Crippen LogP contribution in [0.1, 0.15) is 46.6 Å². The van der Waals surface area contributed by atoms with Crippen molar-refractivity contribution in [2.24, 2.45) is 0 Å². The van der Waals surface area contributed by atoms with E-state index in [1.807, 2.05) is 30.3 Å². The van der Waals surface area contributed by atoms with Gasteiger partial charge in [-0.15, -0.1) is 11.8 Å². The van der Waals surface area contributed by atoms with E-state index in [1.54, 1.807) is 17.0 Å². The first-order valence-electron chi connectivity index (χ1n) is 9.52. The number of hydrogen-bond acceptors (Lipinski definition) is 4. The highest BCUT2D eigenvalue weighted by Crippen LogP contribution is 2.43. The van der Waals surface area contributed by atoms with Crippen LogP contribution in [0.15, 0.2) is 42.5 Å². The fourth-order valence-electron chi connectivity index (χ4n) is 3.34. The lowest BCUT2D eigenvalue weighted by Gasteiger charge is -2.28. The second-order valence-corrected chi connectivity index (χ2v) is 8.84. The number of carbonyl (C=O) groups is 2. The molecule has 0 bridgehead atoms. The molecule has 7 heteroatoms. The molecule has 0 N–H and O–H groups in total. The zero-order chi connectivity index (χ0) is 21.0. The number of methoxy groups -OCH3 is 1. The molecule has 2 atom stereocenters. The second-order valence-electron chi connectivity index (χ2n) is 6.91. The summed E-state index contributed by atoms with van der Waals surface area (Å²) in [5.41, 5.74) is 2.57. The molecule has 4 nitrogen and oxygen atoms in total. The molecule has 0 radical (unpaired) electrons. The Morgan fingerprint density at radius 1 is 1.14 bits per heavy atom. The van der Waals surface area contributed by atoms with Gasteiger partial charge in [0.15, 0.2) is 0 Å². The standard InChI is InChI=1S/C22H23Cl2NO3S/c1-3-4-5-14-6-8-15(9-7-14)20(26)25-19(22(27)28-2)13-29-21(25)16-10-11-17(23)18(24)12-16/h6-12,19,21H,3-5,13H2,1-2H3. The number of nitrogens with zero attached hydrogens (tertiary/aromatic N) is 1. The van der Waals surface area contributed by atoms with E-state index in [4.69, 9.17) is 27.9 Å². The predicted molar refractivity (Wildman–Crippen MR) is 119 cm³/mol. The summed E-state index contributed by atoms with van der Waals surface area (Å²) in [6, 6.07) is 12.2. The lowest BCUT2D eigenvalue weighted by atomic mass is 10.0. The third-order valence-corrected chi connectivity index (χ3v) is 7.02. The van der Waals surface area contributed by atoms with Crippen molar-refractivity contribution in [1.29, 1.82) is 0 Å². The van der Waals surface area contributed by atoms with Gasteiger partial charge in [0, 0.05) is 11.3 Å². The number of hydrogen-bond donors (Lipinski definition) is 0. The van der Waals surface area contributed by atoms with Crippen molar-refractivity contribution >= 4 is 46.8 Å². The Labute approximate surface area is 185 Å². The molecular weight excluding hydrogens is 429 g/mol. The summed E-state index contributed by atoms with van der Waals surface area (Å²) in [7, 11) is 1.34. The molecule has 1 aliphatic rings. The topological polar surface area (TPSA) is 46.6 Å². The number of carbonyl (C=O) groups excluding carboxylic acids is 2. The van der Waals surface area contributed by atoms with Crippen LogP contribution < -0.4 is 0 Å². The Morgan fingerprint density at radius 2 is 1.86 bits per heavy atom. The van der Waals surface area contributed by atoms with Crippen molar-refractivity contribution in [2.45, 2.75) is 37.6 Å². The molecule has 1 amide bonds. The van der Waals surface area contributed by atoms with Crippen LogP contribution >= 0.6 is 35.0 Å². The number of amides is 1. The van der Waals surface area contributed by atoms with Gasteiger partial charge >= 0.3 is 5.97 Å². The second kappa shape index (κ2) is 9.88. The first kappa shape index (κ1) is 22.0. The number of aryl methyl sites for hydroxylation is 1. The molecule has 29 heavy (non-hydrogen) atoms. The van der Waals surface area contributed by atoms with E-state index in [9.17, 15) is 9.59 Å². The first-order chi connectivity index (χ1) is 14.0. The molecule has 0 aliphatic carbocycles. The summed E-state index contributed by atoms with van der Waals surface area (Å²) in [5.74, 6) is -0.172. The Bertz CT molecular complexity index is 888. The fraction of sp³-hybridized carbons (Fsp3) is 0.364. The number of unbranched alkanes of at least 4 members (excludes halogenated alkanes) is 1. The SMILES string of the molecule is CCCCc1ccc(C(=O)N2C(C(=O)OC)CSC2c2ccc(Cl)c(Cl)c2)cc1. The Hall–Kier alpha value is -1.69. The molecule has 0 aromatic heterocycles. The summed E-state index contributed by atoms with van der Waals surface area (Å²) in [6.07, 6.45) is 3.22. The molecule has 2 aromatic rings. The molecule has 0 saturated carbocycles. The minimum atomic E-state index is -0.656. The monoisotopic (exact) mass is 451 g/mol. The number of benzene rings is 2. The fourth-order valence-corrected chi connectivity index (χ4v) is 5.05. The van der Waals surface area contributed by atoms with Gasteiger partial charge < -0.3 is 9.64 Å². The van der Waals surface area contributed by atoms with Gasteiger partial charge in [-0.2, -0.15) is 0 Å². The molecule has 0 spiro atoms. The molecular formula is C22H23Cl2NO3S. The molecule has 1 fully saturated rings. The minimum Gasteiger partial charge on any atom is -0.467 e. The number of rotatable bonds is 6. The molecule has 2 unspecified atom stereocenters. The lowest BCUT2D eigenvalue weighted by Crippen LogP contribution is -2.43. The van der Waals surface area contributed by atoms with Crippen LogP contribution in [0.2, 0.25) is 10.0 Å². The zero-order valence-corrected chi connectivity index (χ0v) is 18.7. The highest BCUT2D eigenvalue weighted by atomic mass is 35.5. The van der Waals surface area contributed by atoms with Gasteiger partial charge in [-0.1, -0.05) is 54.7 Å². The first-order valence-corrected chi connectivity index (χ1v) is 11.3. The van der Waals surface area contributed by atoms with Crippen molar-refractivity contribution in [2.75, 3.05) is 12.9 Å². The quantitative estimate of drug-likeness (QED) is 0.523. The maximum absolute atomic E-state index is 13.4. The van der Waals surface area contributed by atoms with Gasteiger partial charge in [-0.05, 0) is 48.2 Å².